The molecule has 0 saturated carbocycles. The van der Waals surface area contributed by atoms with Crippen LogP contribution in [0.3, 0.4) is 0 Å². The molecule has 0 bridgehead atoms. The van der Waals surface area contributed by atoms with Crippen LogP contribution in [0, 0.1) is 5.82 Å². The number of halogens is 1. The van der Waals surface area contributed by atoms with Gasteiger partial charge in [-0.2, -0.15) is 0 Å². The summed E-state index contributed by atoms with van der Waals surface area (Å²) in [5.41, 5.74) is 1.96. The molecule has 0 aliphatic rings. The number of imidazole rings is 1. The van der Waals surface area contributed by atoms with Gasteiger partial charge in [-0.05, 0) is 18.2 Å². The predicted molar refractivity (Wildman–Crippen MR) is 94.6 cm³/mol. The molecule has 128 valence electrons. The van der Waals surface area contributed by atoms with Crippen molar-refractivity contribution in [2.75, 3.05) is 5.32 Å². The number of rotatable bonds is 4. The van der Waals surface area contributed by atoms with Crippen molar-refractivity contribution < 1.29 is 9.18 Å². The monoisotopic (exact) mass is 366 g/mol. The maximum Gasteiger partial charge on any atom is 0.276 e. The van der Waals surface area contributed by atoms with E-state index < -0.39 is 5.82 Å². The first-order valence-corrected chi connectivity index (χ1v) is 8.40. The zero-order valence-electron chi connectivity index (χ0n) is 13.2. The minimum absolute atomic E-state index is 0.346. The summed E-state index contributed by atoms with van der Waals surface area (Å²) in [6, 6.07) is 6.15. The third kappa shape index (κ3) is 3.20. The van der Waals surface area contributed by atoms with Crippen LogP contribution in [-0.2, 0) is 0 Å². The predicted octanol–water partition coefficient (Wildman–Crippen LogP) is 3.18. The molecule has 0 saturated heterocycles. The summed E-state index contributed by atoms with van der Waals surface area (Å²) in [5.74, 6) is -0.756. The summed E-state index contributed by atoms with van der Waals surface area (Å²) in [6.45, 7) is 0. The molecule has 0 spiro atoms. The van der Waals surface area contributed by atoms with E-state index in [4.69, 9.17) is 0 Å². The van der Waals surface area contributed by atoms with Gasteiger partial charge in [0.15, 0.2) is 5.13 Å². The molecule has 7 nitrogen and oxygen atoms in total. The number of nitrogens with one attached hydrogen (secondary N) is 1. The van der Waals surface area contributed by atoms with Crippen LogP contribution >= 0.6 is 11.3 Å². The van der Waals surface area contributed by atoms with Crippen LogP contribution in [0.4, 0.5) is 9.52 Å². The number of amides is 1. The molecule has 4 aromatic heterocycles. The smallest absolute Gasteiger partial charge is 0.276 e. The standard InChI is InChI=1S/C17H11FN6OS/c18-11-3-5-21-13(6-11)14-9-26-17(22-14)23-16(25)15-8-20-10-24(15)12-2-1-4-19-7-12/h1-10H,(H,22,23,25). The first kappa shape index (κ1) is 16.0. The lowest BCUT2D eigenvalue weighted by atomic mass is 10.3. The summed E-state index contributed by atoms with van der Waals surface area (Å²) in [4.78, 5) is 29.0. The molecule has 0 aliphatic heterocycles. The lowest BCUT2D eigenvalue weighted by molar-refractivity contribution is 0.102. The number of aromatic nitrogens is 5. The van der Waals surface area contributed by atoms with E-state index in [1.807, 2.05) is 6.07 Å². The second-order valence-electron chi connectivity index (χ2n) is 5.21. The van der Waals surface area contributed by atoms with Gasteiger partial charge < -0.3 is 0 Å². The molecule has 0 atom stereocenters. The zero-order valence-corrected chi connectivity index (χ0v) is 14.0. The Labute approximate surface area is 151 Å². The highest BCUT2D eigenvalue weighted by molar-refractivity contribution is 7.14. The van der Waals surface area contributed by atoms with Crippen LogP contribution in [0.1, 0.15) is 10.5 Å². The molecule has 4 heterocycles. The molecule has 4 rings (SSSR count). The third-order valence-corrected chi connectivity index (χ3v) is 4.26. The molecule has 26 heavy (non-hydrogen) atoms. The Morgan fingerprint density at radius 1 is 1.15 bits per heavy atom. The zero-order chi connectivity index (χ0) is 17.9. The minimum Gasteiger partial charge on any atom is -0.296 e. The third-order valence-electron chi connectivity index (χ3n) is 3.50. The molecule has 1 amide bonds. The molecule has 4 aromatic rings. The van der Waals surface area contributed by atoms with Crippen molar-refractivity contribution in [3.63, 3.8) is 0 Å². The molecule has 1 N–H and O–H groups in total. The van der Waals surface area contributed by atoms with E-state index in [0.717, 1.165) is 5.69 Å². The number of carbonyl (C=O) groups excluding carboxylic acids is 1. The van der Waals surface area contributed by atoms with Crippen molar-refractivity contribution in [1.29, 1.82) is 0 Å². The van der Waals surface area contributed by atoms with E-state index in [9.17, 15) is 9.18 Å². The van der Waals surface area contributed by atoms with Crippen molar-refractivity contribution in [2.24, 2.45) is 0 Å². The molecular formula is C17H11FN6OS. The highest BCUT2D eigenvalue weighted by Gasteiger charge is 2.15. The molecule has 0 unspecified atom stereocenters. The van der Waals surface area contributed by atoms with Crippen molar-refractivity contribution in [2.45, 2.75) is 0 Å². The first-order chi connectivity index (χ1) is 12.7. The van der Waals surface area contributed by atoms with Gasteiger partial charge in [-0.1, -0.05) is 0 Å². The summed E-state index contributed by atoms with van der Waals surface area (Å²) in [7, 11) is 0. The Morgan fingerprint density at radius 3 is 2.88 bits per heavy atom. The first-order valence-electron chi connectivity index (χ1n) is 7.52. The van der Waals surface area contributed by atoms with Gasteiger partial charge in [-0.3, -0.25) is 24.6 Å². The Hall–Kier alpha value is -3.46. The maximum atomic E-state index is 13.3. The van der Waals surface area contributed by atoms with Crippen molar-refractivity contribution in [3.8, 4) is 17.1 Å². The molecule has 0 aromatic carbocycles. The van der Waals surface area contributed by atoms with E-state index >= 15 is 0 Å². The lowest BCUT2D eigenvalue weighted by Gasteiger charge is -2.06. The topological polar surface area (TPSA) is 85.6 Å². The van der Waals surface area contributed by atoms with Gasteiger partial charge >= 0.3 is 0 Å². The summed E-state index contributed by atoms with van der Waals surface area (Å²) in [6.07, 6.45) is 7.66. The van der Waals surface area contributed by atoms with Gasteiger partial charge in [0.2, 0.25) is 0 Å². The quantitative estimate of drug-likeness (QED) is 0.600. The Kier molecular flexibility index (Phi) is 4.20. The van der Waals surface area contributed by atoms with Gasteiger partial charge in [0.25, 0.3) is 5.91 Å². The largest absolute Gasteiger partial charge is 0.296 e. The molecule has 0 fully saturated rings. The van der Waals surface area contributed by atoms with E-state index in [2.05, 4.69) is 25.3 Å². The van der Waals surface area contributed by atoms with E-state index in [1.165, 1.54) is 42.2 Å². The number of nitrogens with zero attached hydrogens (tertiary/aromatic N) is 5. The summed E-state index contributed by atoms with van der Waals surface area (Å²) < 4.78 is 14.9. The second kappa shape index (κ2) is 6.81. The minimum atomic E-state index is -0.394. The van der Waals surface area contributed by atoms with Gasteiger partial charge in [0.1, 0.15) is 17.2 Å². The van der Waals surface area contributed by atoms with Gasteiger partial charge in [0, 0.05) is 23.8 Å². The maximum absolute atomic E-state index is 13.3. The van der Waals surface area contributed by atoms with E-state index in [1.54, 1.807) is 28.4 Å². The number of carbonyl (C=O) groups is 1. The van der Waals surface area contributed by atoms with Crippen LogP contribution < -0.4 is 5.32 Å². The Bertz CT molecular complexity index is 1060. The Balaban J connectivity index is 1.56. The lowest BCUT2D eigenvalue weighted by Crippen LogP contribution is -2.16. The number of hydrogen-bond donors (Lipinski definition) is 1. The fourth-order valence-electron chi connectivity index (χ4n) is 2.32. The summed E-state index contributed by atoms with van der Waals surface area (Å²) in [5, 5.41) is 4.81. The molecule has 0 aliphatic carbocycles. The highest BCUT2D eigenvalue weighted by atomic mass is 32.1. The second-order valence-corrected chi connectivity index (χ2v) is 6.07. The van der Waals surface area contributed by atoms with Crippen LogP contribution in [0.25, 0.3) is 17.1 Å². The van der Waals surface area contributed by atoms with Crippen molar-refractivity contribution in [1.82, 2.24) is 24.5 Å². The number of pyridine rings is 2. The average Bonchev–Trinajstić information content (AvgIpc) is 3.32. The number of anilines is 1. The van der Waals surface area contributed by atoms with Crippen LogP contribution in [0.5, 0.6) is 0 Å². The van der Waals surface area contributed by atoms with Gasteiger partial charge in [-0.15, -0.1) is 11.3 Å². The van der Waals surface area contributed by atoms with Gasteiger partial charge in [0.05, 0.1) is 30.1 Å². The normalized spacial score (nSPS) is 10.7. The van der Waals surface area contributed by atoms with Crippen molar-refractivity contribution >= 4 is 22.4 Å². The summed E-state index contributed by atoms with van der Waals surface area (Å²) >= 11 is 1.23. The van der Waals surface area contributed by atoms with Crippen LogP contribution in [-0.4, -0.2) is 30.4 Å². The molecular weight excluding hydrogens is 355 g/mol. The fourth-order valence-corrected chi connectivity index (χ4v) is 3.02. The van der Waals surface area contributed by atoms with Gasteiger partial charge in [-0.25, -0.2) is 14.4 Å². The highest BCUT2D eigenvalue weighted by Crippen LogP contribution is 2.24. The number of hydrogen-bond acceptors (Lipinski definition) is 6. The van der Waals surface area contributed by atoms with Crippen molar-refractivity contribution in [3.05, 3.63) is 72.3 Å². The van der Waals surface area contributed by atoms with Crippen LogP contribution in [0.15, 0.2) is 60.8 Å². The average molecular weight is 366 g/mol. The fraction of sp³-hybridized carbons (Fsp3) is 0. The number of thiazole rings is 1. The SMILES string of the molecule is O=C(Nc1nc(-c2cc(F)ccn2)cs1)c1cncn1-c1cccnc1. The Morgan fingerprint density at radius 2 is 2.08 bits per heavy atom. The van der Waals surface area contributed by atoms with Crippen LogP contribution in [0.2, 0.25) is 0 Å². The van der Waals surface area contributed by atoms with E-state index in [0.29, 0.717) is 22.2 Å². The van der Waals surface area contributed by atoms with E-state index in [-0.39, 0.29) is 5.91 Å². The molecule has 0 radical (unpaired) electrons. The molecule has 9 heteroatoms.